The van der Waals surface area contributed by atoms with E-state index in [4.69, 9.17) is 4.42 Å². The lowest BCUT2D eigenvalue weighted by atomic mass is 10.3. The van der Waals surface area contributed by atoms with Gasteiger partial charge in [0.1, 0.15) is 5.82 Å². The summed E-state index contributed by atoms with van der Waals surface area (Å²) in [5.74, 6) is 0.411. The summed E-state index contributed by atoms with van der Waals surface area (Å²) in [4.78, 5) is 33.7. The molecular formula is C13H16N4O3. The minimum Gasteiger partial charge on any atom is -0.459 e. The lowest BCUT2D eigenvalue weighted by molar-refractivity contribution is -0.131. The molecular weight excluding hydrogens is 260 g/mol. The zero-order chi connectivity index (χ0) is 14.5. The molecule has 0 atom stereocenters. The first-order valence-electron chi connectivity index (χ1n) is 6.09. The van der Waals surface area contributed by atoms with Crippen LogP contribution in [0, 0.1) is 0 Å². The van der Waals surface area contributed by atoms with Crippen LogP contribution in [0.2, 0.25) is 0 Å². The van der Waals surface area contributed by atoms with Crippen molar-refractivity contribution in [3.8, 4) is 0 Å². The fourth-order valence-electron chi connectivity index (χ4n) is 1.68. The number of hydrogen-bond acceptors (Lipinski definition) is 4. The molecule has 0 saturated heterocycles. The quantitative estimate of drug-likeness (QED) is 0.873. The van der Waals surface area contributed by atoms with E-state index in [2.05, 4.69) is 9.97 Å². The number of aromatic amines is 1. The SMILES string of the molecule is CN(Cc1ncc[nH]1)C(=O)CN(C)C(=O)c1ccco1. The molecule has 2 amide bonds. The highest BCUT2D eigenvalue weighted by atomic mass is 16.3. The number of likely N-dealkylation sites (N-methyl/N-ethyl adjacent to an activating group) is 2. The van der Waals surface area contributed by atoms with Gasteiger partial charge >= 0.3 is 0 Å². The van der Waals surface area contributed by atoms with Gasteiger partial charge in [0.15, 0.2) is 5.76 Å². The standard InChI is InChI=1S/C13H16N4O3/c1-16(8-11-14-5-6-15-11)12(18)9-17(2)13(19)10-4-3-7-20-10/h3-7H,8-9H2,1-2H3,(H,14,15). The van der Waals surface area contributed by atoms with Crippen LogP contribution < -0.4 is 0 Å². The van der Waals surface area contributed by atoms with Crippen LogP contribution in [0.3, 0.4) is 0 Å². The number of H-pyrrole nitrogens is 1. The van der Waals surface area contributed by atoms with Gasteiger partial charge in [0, 0.05) is 26.5 Å². The van der Waals surface area contributed by atoms with Gasteiger partial charge in [0.25, 0.3) is 5.91 Å². The van der Waals surface area contributed by atoms with Crippen molar-refractivity contribution in [3.05, 3.63) is 42.4 Å². The minimum absolute atomic E-state index is 0.0171. The summed E-state index contributed by atoms with van der Waals surface area (Å²) < 4.78 is 5.01. The topological polar surface area (TPSA) is 82.4 Å². The molecule has 7 heteroatoms. The molecule has 106 valence electrons. The molecule has 0 aliphatic heterocycles. The number of aromatic nitrogens is 2. The molecule has 0 spiro atoms. The lowest BCUT2D eigenvalue weighted by Gasteiger charge is -2.20. The fraction of sp³-hybridized carbons (Fsp3) is 0.308. The van der Waals surface area contributed by atoms with E-state index in [1.54, 1.807) is 38.6 Å². The van der Waals surface area contributed by atoms with Crippen molar-refractivity contribution >= 4 is 11.8 Å². The molecule has 2 aromatic heterocycles. The Morgan fingerprint density at radius 2 is 2.15 bits per heavy atom. The number of nitrogens with zero attached hydrogens (tertiary/aromatic N) is 3. The number of furan rings is 1. The molecule has 0 radical (unpaired) electrons. The molecule has 0 bridgehead atoms. The van der Waals surface area contributed by atoms with E-state index in [0.29, 0.717) is 12.4 Å². The minimum atomic E-state index is -0.324. The number of imidazole rings is 1. The van der Waals surface area contributed by atoms with Crippen LogP contribution >= 0.6 is 0 Å². The predicted molar refractivity (Wildman–Crippen MR) is 70.7 cm³/mol. The Morgan fingerprint density at radius 3 is 2.75 bits per heavy atom. The monoisotopic (exact) mass is 276 g/mol. The molecule has 0 saturated carbocycles. The number of hydrogen-bond donors (Lipinski definition) is 1. The number of amides is 2. The Balaban J connectivity index is 1.88. The Bertz CT molecular complexity index is 562. The average molecular weight is 276 g/mol. The third-order valence-corrected chi connectivity index (χ3v) is 2.82. The summed E-state index contributed by atoms with van der Waals surface area (Å²) in [5.41, 5.74) is 0. The Labute approximate surface area is 116 Å². The van der Waals surface area contributed by atoms with Crippen molar-refractivity contribution in [3.63, 3.8) is 0 Å². The molecule has 0 aliphatic carbocycles. The molecule has 2 aromatic rings. The molecule has 0 aliphatic rings. The summed E-state index contributed by atoms with van der Waals surface area (Å²) in [5, 5.41) is 0. The molecule has 2 heterocycles. The summed E-state index contributed by atoms with van der Waals surface area (Å²) in [6.07, 6.45) is 4.74. The lowest BCUT2D eigenvalue weighted by Crippen LogP contribution is -2.39. The molecule has 1 N–H and O–H groups in total. The van der Waals surface area contributed by atoms with E-state index in [1.807, 2.05) is 0 Å². The first-order chi connectivity index (χ1) is 9.58. The smallest absolute Gasteiger partial charge is 0.289 e. The third-order valence-electron chi connectivity index (χ3n) is 2.82. The second-order valence-electron chi connectivity index (χ2n) is 4.42. The summed E-state index contributed by atoms with van der Waals surface area (Å²) in [7, 11) is 3.22. The van der Waals surface area contributed by atoms with Crippen LogP contribution in [-0.4, -0.2) is 52.2 Å². The van der Waals surface area contributed by atoms with Crippen molar-refractivity contribution in [2.24, 2.45) is 0 Å². The van der Waals surface area contributed by atoms with Gasteiger partial charge in [-0.1, -0.05) is 0 Å². The van der Waals surface area contributed by atoms with Gasteiger partial charge < -0.3 is 19.2 Å². The second-order valence-corrected chi connectivity index (χ2v) is 4.42. The van der Waals surface area contributed by atoms with E-state index in [0.717, 1.165) is 0 Å². The summed E-state index contributed by atoms with van der Waals surface area (Å²) >= 11 is 0. The van der Waals surface area contributed by atoms with Gasteiger partial charge in [-0.05, 0) is 12.1 Å². The van der Waals surface area contributed by atoms with E-state index in [-0.39, 0.29) is 24.1 Å². The zero-order valence-electron chi connectivity index (χ0n) is 11.4. The van der Waals surface area contributed by atoms with Crippen LogP contribution in [0.25, 0.3) is 0 Å². The molecule has 0 aromatic carbocycles. The first-order valence-corrected chi connectivity index (χ1v) is 6.09. The number of carbonyl (C=O) groups is 2. The Hall–Kier alpha value is -2.57. The van der Waals surface area contributed by atoms with E-state index in [1.165, 1.54) is 16.1 Å². The summed E-state index contributed by atoms with van der Waals surface area (Å²) in [6, 6.07) is 3.20. The van der Waals surface area contributed by atoms with Crippen molar-refractivity contribution in [1.29, 1.82) is 0 Å². The molecule has 7 nitrogen and oxygen atoms in total. The van der Waals surface area contributed by atoms with Crippen molar-refractivity contribution < 1.29 is 14.0 Å². The van der Waals surface area contributed by atoms with Gasteiger partial charge in [0.2, 0.25) is 5.91 Å². The van der Waals surface area contributed by atoms with Gasteiger partial charge in [-0.3, -0.25) is 9.59 Å². The first kappa shape index (κ1) is 13.9. The van der Waals surface area contributed by atoms with Crippen LogP contribution in [0.15, 0.2) is 35.2 Å². The van der Waals surface area contributed by atoms with E-state index >= 15 is 0 Å². The number of rotatable bonds is 5. The maximum atomic E-state index is 12.0. The highest BCUT2D eigenvalue weighted by molar-refractivity contribution is 5.93. The van der Waals surface area contributed by atoms with Gasteiger partial charge in [0.05, 0.1) is 19.4 Å². The third kappa shape index (κ3) is 3.25. The van der Waals surface area contributed by atoms with Crippen molar-refractivity contribution in [1.82, 2.24) is 19.8 Å². The second kappa shape index (κ2) is 6.05. The fourth-order valence-corrected chi connectivity index (χ4v) is 1.68. The summed E-state index contributed by atoms with van der Waals surface area (Å²) in [6.45, 7) is 0.353. The maximum Gasteiger partial charge on any atom is 0.289 e. The van der Waals surface area contributed by atoms with Gasteiger partial charge in [-0.25, -0.2) is 4.98 Å². The molecule has 0 fully saturated rings. The molecule has 20 heavy (non-hydrogen) atoms. The van der Waals surface area contributed by atoms with Crippen LogP contribution in [0.1, 0.15) is 16.4 Å². The van der Waals surface area contributed by atoms with Crippen LogP contribution in [0.5, 0.6) is 0 Å². The zero-order valence-corrected chi connectivity index (χ0v) is 11.4. The Kier molecular flexibility index (Phi) is 4.19. The van der Waals surface area contributed by atoms with Gasteiger partial charge in [-0.2, -0.15) is 0 Å². The number of carbonyl (C=O) groups excluding carboxylic acids is 2. The predicted octanol–water partition coefficient (Wildman–Crippen LogP) is 0.733. The molecule has 0 unspecified atom stereocenters. The largest absolute Gasteiger partial charge is 0.459 e. The highest BCUT2D eigenvalue weighted by Crippen LogP contribution is 2.05. The maximum absolute atomic E-state index is 12.0. The highest BCUT2D eigenvalue weighted by Gasteiger charge is 2.19. The van der Waals surface area contributed by atoms with Crippen LogP contribution in [0.4, 0.5) is 0 Å². The van der Waals surface area contributed by atoms with Crippen LogP contribution in [-0.2, 0) is 11.3 Å². The van der Waals surface area contributed by atoms with Crippen molar-refractivity contribution in [2.75, 3.05) is 20.6 Å². The van der Waals surface area contributed by atoms with E-state index in [9.17, 15) is 9.59 Å². The molecule has 2 rings (SSSR count). The normalized spacial score (nSPS) is 10.3. The Morgan fingerprint density at radius 1 is 1.35 bits per heavy atom. The average Bonchev–Trinajstić information content (AvgIpc) is 3.10. The van der Waals surface area contributed by atoms with Gasteiger partial charge in [-0.15, -0.1) is 0 Å². The number of nitrogens with one attached hydrogen (secondary N) is 1. The van der Waals surface area contributed by atoms with E-state index < -0.39 is 0 Å². The van der Waals surface area contributed by atoms with Crippen molar-refractivity contribution in [2.45, 2.75) is 6.54 Å².